The predicted octanol–water partition coefficient (Wildman–Crippen LogP) is 4.61. The number of hydrogen-bond donors (Lipinski definition) is 1. The SMILES string of the molecule is CCNC(C)c1cnc(-c2cc(Br)c(C)s2)s1. The van der Waals surface area contributed by atoms with Crippen LogP contribution in [0.5, 0.6) is 0 Å². The second-order valence-corrected chi connectivity index (χ2v) is 7.03. The fraction of sp³-hybridized carbons (Fsp3) is 0.417. The van der Waals surface area contributed by atoms with Crippen molar-refractivity contribution in [3.05, 3.63) is 26.5 Å². The Balaban J connectivity index is 2.23. The molecule has 2 rings (SSSR count). The second kappa shape index (κ2) is 5.61. The zero-order chi connectivity index (χ0) is 12.4. The molecule has 0 aromatic carbocycles. The Morgan fingerprint density at radius 3 is 2.82 bits per heavy atom. The molecule has 0 aliphatic rings. The van der Waals surface area contributed by atoms with E-state index in [1.807, 2.05) is 6.20 Å². The molecule has 2 nitrogen and oxygen atoms in total. The van der Waals surface area contributed by atoms with Crippen molar-refractivity contribution in [2.75, 3.05) is 6.54 Å². The molecule has 92 valence electrons. The molecular formula is C12H15BrN2S2. The summed E-state index contributed by atoms with van der Waals surface area (Å²) in [6.07, 6.45) is 1.98. The highest BCUT2D eigenvalue weighted by Gasteiger charge is 2.12. The third kappa shape index (κ3) is 2.96. The number of aryl methyl sites for hydroxylation is 1. The highest BCUT2D eigenvalue weighted by molar-refractivity contribution is 9.10. The van der Waals surface area contributed by atoms with Crippen molar-refractivity contribution >= 4 is 38.6 Å². The Kier molecular flexibility index (Phi) is 4.36. The van der Waals surface area contributed by atoms with Gasteiger partial charge < -0.3 is 5.32 Å². The number of nitrogens with zero attached hydrogens (tertiary/aromatic N) is 1. The zero-order valence-corrected chi connectivity index (χ0v) is 13.3. The summed E-state index contributed by atoms with van der Waals surface area (Å²) in [6.45, 7) is 7.40. The number of thiophene rings is 1. The number of rotatable bonds is 4. The lowest BCUT2D eigenvalue weighted by atomic mass is 10.3. The maximum Gasteiger partial charge on any atom is 0.133 e. The largest absolute Gasteiger partial charge is 0.310 e. The average Bonchev–Trinajstić information content (AvgIpc) is 2.87. The first-order valence-corrected chi connectivity index (χ1v) is 7.99. The number of halogens is 1. The smallest absolute Gasteiger partial charge is 0.133 e. The Bertz CT molecular complexity index is 485. The summed E-state index contributed by atoms with van der Waals surface area (Å²) in [6, 6.07) is 2.54. The van der Waals surface area contributed by atoms with Crippen molar-refractivity contribution in [3.63, 3.8) is 0 Å². The van der Waals surface area contributed by atoms with E-state index in [2.05, 4.69) is 53.1 Å². The molecule has 1 atom stereocenters. The predicted molar refractivity (Wildman–Crippen MR) is 80.0 cm³/mol. The minimum atomic E-state index is 0.385. The van der Waals surface area contributed by atoms with E-state index in [1.54, 1.807) is 22.7 Å². The third-order valence-corrected chi connectivity index (χ3v) is 6.01. The number of aromatic nitrogens is 1. The van der Waals surface area contributed by atoms with Crippen LogP contribution in [0.1, 0.15) is 29.6 Å². The van der Waals surface area contributed by atoms with E-state index in [4.69, 9.17) is 0 Å². The van der Waals surface area contributed by atoms with Gasteiger partial charge in [0, 0.05) is 26.5 Å². The summed E-state index contributed by atoms with van der Waals surface area (Å²) in [5.41, 5.74) is 0. The normalized spacial score (nSPS) is 12.9. The van der Waals surface area contributed by atoms with Crippen LogP contribution in [-0.2, 0) is 0 Å². The van der Waals surface area contributed by atoms with Crippen molar-refractivity contribution < 1.29 is 0 Å². The van der Waals surface area contributed by atoms with Gasteiger partial charge in [-0.2, -0.15) is 0 Å². The molecule has 0 radical (unpaired) electrons. The van der Waals surface area contributed by atoms with Gasteiger partial charge in [-0.15, -0.1) is 22.7 Å². The van der Waals surface area contributed by atoms with Crippen LogP contribution in [0, 0.1) is 6.92 Å². The average molecular weight is 331 g/mol. The van der Waals surface area contributed by atoms with Crippen molar-refractivity contribution in [1.29, 1.82) is 0 Å². The van der Waals surface area contributed by atoms with Crippen LogP contribution in [0.25, 0.3) is 9.88 Å². The maximum absolute atomic E-state index is 4.51. The monoisotopic (exact) mass is 330 g/mol. The van der Waals surface area contributed by atoms with Gasteiger partial charge in [0.2, 0.25) is 0 Å². The molecule has 2 aromatic rings. The number of thiazole rings is 1. The van der Waals surface area contributed by atoms with E-state index in [0.29, 0.717) is 6.04 Å². The molecule has 0 spiro atoms. The molecule has 1 N–H and O–H groups in total. The van der Waals surface area contributed by atoms with Crippen molar-refractivity contribution in [2.24, 2.45) is 0 Å². The topological polar surface area (TPSA) is 24.9 Å². The molecule has 0 aliphatic heterocycles. The number of nitrogens with one attached hydrogen (secondary N) is 1. The maximum atomic E-state index is 4.51. The highest BCUT2D eigenvalue weighted by Crippen LogP contribution is 2.37. The van der Waals surface area contributed by atoms with E-state index in [0.717, 1.165) is 11.6 Å². The molecule has 5 heteroatoms. The van der Waals surface area contributed by atoms with Crippen LogP contribution in [-0.4, -0.2) is 11.5 Å². The lowest BCUT2D eigenvalue weighted by Crippen LogP contribution is -2.16. The summed E-state index contributed by atoms with van der Waals surface area (Å²) in [5, 5.41) is 4.52. The number of hydrogen-bond acceptors (Lipinski definition) is 4. The van der Waals surface area contributed by atoms with Crippen LogP contribution in [0.3, 0.4) is 0 Å². The van der Waals surface area contributed by atoms with Crippen LogP contribution in [0.2, 0.25) is 0 Å². The first-order chi connectivity index (χ1) is 8.11. The van der Waals surface area contributed by atoms with E-state index in [-0.39, 0.29) is 0 Å². The van der Waals surface area contributed by atoms with Gasteiger partial charge in [-0.3, -0.25) is 0 Å². The van der Waals surface area contributed by atoms with Gasteiger partial charge >= 0.3 is 0 Å². The molecule has 2 heterocycles. The standard InChI is InChI=1S/C12H15BrN2S2/c1-4-14-7(2)11-6-15-12(17-11)10-5-9(13)8(3)16-10/h5-7,14H,4H2,1-3H3. The Morgan fingerprint density at radius 1 is 1.47 bits per heavy atom. The zero-order valence-electron chi connectivity index (χ0n) is 10.1. The summed E-state index contributed by atoms with van der Waals surface area (Å²) in [7, 11) is 0. The Labute approximate surface area is 118 Å². The van der Waals surface area contributed by atoms with Crippen LogP contribution in [0.4, 0.5) is 0 Å². The van der Waals surface area contributed by atoms with Crippen molar-refractivity contribution in [1.82, 2.24) is 10.3 Å². The molecule has 17 heavy (non-hydrogen) atoms. The summed E-state index contributed by atoms with van der Waals surface area (Å²) >= 11 is 7.11. The van der Waals surface area contributed by atoms with Crippen LogP contribution < -0.4 is 5.32 Å². The van der Waals surface area contributed by atoms with Gasteiger partial charge in [0.25, 0.3) is 0 Å². The van der Waals surface area contributed by atoms with Gasteiger partial charge in [-0.25, -0.2) is 4.98 Å². The molecule has 0 amide bonds. The molecular weight excluding hydrogens is 316 g/mol. The first kappa shape index (κ1) is 13.2. The quantitative estimate of drug-likeness (QED) is 0.885. The van der Waals surface area contributed by atoms with E-state index < -0.39 is 0 Å². The molecule has 0 fully saturated rings. The van der Waals surface area contributed by atoms with E-state index >= 15 is 0 Å². The van der Waals surface area contributed by atoms with Gasteiger partial charge in [0.1, 0.15) is 5.01 Å². The summed E-state index contributed by atoms with van der Waals surface area (Å²) in [4.78, 5) is 8.35. The lowest BCUT2D eigenvalue weighted by Gasteiger charge is -2.07. The van der Waals surface area contributed by atoms with Gasteiger partial charge in [-0.1, -0.05) is 6.92 Å². The van der Waals surface area contributed by atoms with Gasteiger partial charge in [-0.05, 0) is 42.4 Å². The summed E-state index contributed by atoms with van der Waals surface area (Å²) in [5.74, 6) is 0. The van der Waals surface area contributed by atoms with Gasteiger partial charge in [0.05, 0.1) is 4.88 Å². The third-order valence-electron chi connectivity index (χ3n) is 2.53. The molecule has 0 bridgehead atoms. The second-order valence-electron chi connectivity index (χ2n) is 3.86. The lowest BCUT2D eigenvalue weighted by molar-refractivity contribution is 0.606. The minimum Gasteiger partial charge on any atom is -0.310 e. The van der Waals surface area contributed by atoms with Crippen LogP contribution >= 0.6 is 38.6 Å². The molecule has 0 saturated carbocycles. The van der Waals surface area contributed by atoms with Crippen molar-refractivity contribution in [2.45, 2.75) is 26.8 Å². The molecule has 1 unspecified atom stereocenters. The van der Waals surface area contributed by atoms with Crippen LogP contribution in [0.15, 0.2) is 16.7 Å². The first-order valence-electron chi connectivity index (χ1n) is 5.57. The molecule has 0 aliphatic carbocycles. The molecule has 2 aromatic heterocycles. The summed E-state index contributed by atoms with van der Waals surface area (Å²) < 4.78 is 1.17. The fourth-order valence-corrected chi connectivity index (χ4v) is 4.10. The van der Waals surface area contributed by atoms with E-state index in [9.17, 15) is 0 Å². The fourth-order valence-electron chi connectivity index (χ4n) is 1.57. The molecule has 0 saturated heterocycles. The van der Waals surface area contributed by atoms with Crippen molar-refractivity contribution in [3.8, 4) is 9.88 Å². The Morgan fingerprint density at radius 2 is 2.24 bits per heavy atom. The van der Waals surface area contributed by atoms with E-state index in [1.165, 1.54) is 19.1 Å². The Hall–Kier alpha value is -0.230. The minimum absolute atomic E-state index is 0.385. The van der Waals surface area contributed by atoms with Gasteiger partial charge in [0.15, 0.2) is 0 Å². The highest BCUT2D eigenvalue weighted by atomic mass is 79.9.